The van der Waals surface area contributed by atoms with Crippen molar-refractivity contribution in [2.24, 2.45) is 0 Å². The Morgan fingerprint density at radius 3 is 2.73 bits per heavy atom. The van der Waals surface area contributed by atoms with Crippen LogP contribution in [0.5, 0.6) is 5.75 Å². The molecule has 0 N–H and O–H groups in total. The Morgan fingerprint density at radius 1 is 0.955 bits per heavy atom. The molecule has 2 aliphatic heterocycles. The molecule has 3 aromatic carbocycles. The molecule has 2 aliphatic rings. The predicted octanol–water partition coefficient (Wildman–Crippen LogP) is 3.89. The van der Waals surface area contributed by atoms with Gasteiger partial charge in [0.25, 0.3) is 5.91 Å². The molecule has 1 atom stereocenters. The lowest BCUT2D eigenvalue weighted by Gasteiger charge is -2.33. The number of benzene rings is 3. The van der Waals surface area contributed by atoms with Crippen LogP contribution in [0.1, 0.15) is 27.7 Å². The molecule has 22 heavy (non-hydrogen) atoms. The van der Waals surface area contributed by atoms with Gasteiger partial charge in [-0.1, -0.05) is 48.5 Å². The highest BCUT2D eigenvalue weighted by Gasteiger charge is 2.41. The Morgan fingerprint density at radius 2 is 1.77 bits per heavy atom. The lowest BCUT2D eigenvalue weighted by molar-refractivity contribution is 0.0151. The molecule has 0 saturated carbocycles. The van der Waals surface area contributed by atoms with E-state index >= 15 is 0 Å². The second-order valence-electron chi connectivity index (χ2n) is 5.75. The summed E-state index contributed by atoms with van der Waals surface area (Å²) in [5, 5.41) is 2.33. The van der Waals surface area contributed by atoms with Gasteiger partial charge in [-0.3, -0.25) is 9.69 Å². The van der Waals surface area contributed by atoms with Crippen LogP contribution in [0, 0.1) is 0 Å². The van der Waals surface area contributed by atoms with E-state index in [9.17, 15) is 4.79 Å². The number of hydrogen-bond acceptors (Lipinski definition) is 2. The molecule has 0 bridgehead atoms. The third-order valence-electron chi connectivity index (χ3n) is 4.57. The van der Waals surface area contributed by atoms with Crippen LogP contribution in [0.3, 0.4) is 0 Å². The minimum Gasteiger partial charge on any atom is -0.466 e. The Balaban J connectivity index is 1.70. The first kappa shape index (κ1) is 11.8. The number of carbonyl (C=O) groups excluding carboxylic acids is 1. The largest absolute Gasteiger partial charge is 0.466 e. The van der Waals surface area contributed by atoms with Gasteiger partial charge in [-0.2, -0.15) is 0 Å². The van der Waals surface area contributed by atoms with Crippen molar-refractivity contribution in [1.82, 2.24) is 4.90 Å². The van der Waals surface area contributed by atoms with E-state index in [1.54, 1.807) is 0 Å². The van der Waals surface area contributed by atoms with Crippen molar-refractivity contribution in [3.8, 4) is 5.75 Å². The fourth-order valence-corrected chi connectivity index (χ4v) is 3.50. The lowest BCUT2D eigenvalue weighted by atomic mass is 10.0. The summed E-state index contributed by atoms with van der Waals surface area (Å²) < 4.78 is 6.17. The topological polar surface area (TPSA) is 29.5 Å². The van der Waals surface area contributed by atoms with Gasteiger partial charge in [-0.15, -0.1) is 0 Å². The van der Waals surface area contributed by atoms with Crippen LogP contribution in [0.4, 0.5) is 0 Å². The zero-order chi connectivity index (χ0) is 14.7. The minimum absolute atomic E-state index is 0.0548. The van der Waals surface area contributed by atoms with E-state index in [1.807, 2.05) is 47.4 Å². The van der Waals surface area contributed by atoms with E-state index < -0.39 is 0 Å². The summed E-state index contributed by atoms with van der Waals surface area (Å²) in [6.07, 6.45) is -0.294. The number of fused-ring (bicyclic) bond motifs is 6. The molecular weight excluding hydrogens is 274 g/mol. The van der Waals surface area contributed by atoms with Crippen LogP contribution >= 0.6 is 0 Å². The van der Waals surface area contributed by atoms with Crippen LogP contribution in [0.25, 0.3) is 10.8 Å². The Bertz CT molecular complexity index is 932. The highest BCUT2D eigenvalue weighted by molar-refractivity contribution is 5.99. The Labute approximate surface area is 127 Å². The summed E-state index contributed by atoms with van der Waals surface area (Å²) in [6, 6.07) is 20.0. The first-order valence-electron chi connectivity index (χ1n) is 7.40. The zero-order valence-corrected chi connectivity index (χ0v) is 11.8. The molecule has 0 radical (unpaired) electrons. The molecule has 0 spiro atoms. The number of carbonyl (C=O) groups is 1. The molecule has 3 aromatic rings. The van der Waals surface area contributed by atoms with E-state index in [-0.39, 0.29) is 12.1 Å². The van der Waals surface area contributed by atoms with Gasteiger partial charge in [0.1, 0.15) is 5.75 Å². The first-order valence-corrected chi connectivity index (χ1v) is 7.40. The molecule has 3 heteroatoms. The van der Waals surface area contributed by atoms with Gasteiger partial charge in [-0.25, -0.2) is 0 Å². The van der Waals surface area contributed by atoms with Crippen molar-refractivity contribution in [3.05, 3.63) is 77.4 Å². The van der Waals surface area contributed by atoms with Crippen LogP contribution in [-0.4, -0.2) is 10.8 Å². The lowest BCUT2D eigenvalue weighted by Crippen LogP contribution is -2.34. The van der Waals surface area contributed by atoms with Gasteiger partial charge in [0.05, 0.1) is 6.54 Å². The van der Waals surface area contributed by atoms with Crippen LogP contribution in [0.15, 0.2) is 60.7 Å². The molecule has 3 nitrogen and oxygen atoms in total. The zero-order valence-electron chi connectivity index (χ0n) is 11.8. The first-order chi connectivity index (χ1) is 10.8. The van der Waals surface area contributed by atoms with Crippen molar-refractivity contribution in [2.45, 2.75) is 12.8 Å². The smallest absolute Gasteiger partial charge is 0.257 e. The molecule has 0 unspecified atom stereocenters. The normalized spacial score (nSPS) is 18.6. The maximum Gasteiger partial charge on any atom is 0.257 e. The average molecular weight is 287 g/mol. The maximum atomic E-state index is 12.6. The molecule has 1 amide bonds. The molecule has 0 aromatic heterocycles. The van der Waals surface area contributed by atoms with E-state index in [1.165, 1.54) is 5.39 Å². The fraction of sp³-hybridized carbons (Fsp3) is 0.105. The van der Waals surface area contributed by atoms with Crippen molar-refractivity contribution >= 4 is 16.7 Å². The minimum atomic E-state index is -0.294. The highest BCUT2D eigenvalue weighted by atomic mass is 16.5. The summed E-state index contributed by atoms with van der Waals surface area (Å²) in [6.45, 7) is 0.592. The van der Waals surface area contributed by atoms with Crippen molar-refractivity contribution < 1.29 is 9.53 Å². The molecule has 106 valence electrons. The molecule has 2 heterocycles. The molecule has 5 rings (SSSR count). The van der Waals surface area contributed by atoms with Gasteiger partial charge < -0.3 is 4.74 Å². The standard InChI is InChI=1S/C19H13NO2/c21-18-14-7-3-4-8-15(14)19-20(18)11-16-13-6-2-1-5-12(13)9-10-17(16)22-19/h1-10,19H,11H2/t19-/m1/s1. The third kappa shape index (κ3) is 1.43. The summed E-state index contributed by atoms with van der Waals surface area (Å²) in [5.74, 6) is 0.934. The van der Waals surface area contributed by atoms with Gasteiger partial charge >= 0.3 is 0 Å². The van der Waals surface area contributed by atoms with E-state index in [0.29, 0.717) is 6.54 Å². The maximum absolute atomic E-state index is 12.6. The monoisotopic (exact) mass is 287 g/mol. The Kier molecular flexibility index (Phi) is 2.20. The van der Waals surface area contributed by atoms with Gasteiger partial charge in [-0.05, 0) is 22.9 Å². The van der Waals surface area contributed by atoms with Gasteiger partial charge in [0.2, 0.25) is 6.23 Å². The molecule has 0 fully saturated rings. The summed E-state index contributed by atoms with van der Waals surface area (Å²) >= 11 is 0. The molecule has 0 aliphatic carbocycles. The number of hydrogen-bond donors (Lipinski definition) is 0. The molecule has 0 saturated heterocycles. The third-order valence-corrected chi connectivity index (χ3v) is 4.57. The highest BCUT2D eigenvalue weighted by Crippen LogP contribution is 2.43. The number of amides is 1. The number of nitrogens with zero attached hydrogens (tertiary/aromatic N) is 1. The second-order valence-corrected chi connectivity index (χ2v) is 5.75. The van der Waals surface area contributed by atoms with Crippen LogP contribution in [0.2, 0.25) is 0 Å². The van der Waals surface area contributed by atoms with Crippen molar-refractivity contribution in [3.63, 3.8) is 0 Å². The Hall–Kier alpha value is -2.81. The quantitative estimate of drug-likeness (QED) is 0.628. The van der Waals surface area contributed by atoms with Crippen molar-refractivity contribution in [1.29, 1.82) is 0 Å². The number of rotatable bonds is 0. The number of ether oxygens (including phenoxy) is 1. The predicted molar refractivity (Wildman–Crippen MR) is 83.6 cm³/mol. The van der Waals surface area contributed by atoms with Gasteiger partial charge in [0.15, 0.2) is 0 Å². The second kappa shape index (κ2) is 4.10. The van der Waals surface area contributed by atoms with Gasteiger partial charge in [0, 0.05) is 16.7 Å². The summed E-state index contributed by atoms with van der Waals surface area (Å²) in [5.41, 5.74) is 2.81. The SMILES string of the molecule is O=C1c2ccccc2[C@H]2Oc3ccc4ccccc4c3CN12. The van der Waals surface area contributed by atoms with E-state index in [0.717, 1.165) is 27.8 Å². The van der Waals surface area contributed by atoms with Crippen LogP contribution in [-0.2, 0) is 6.54 Å². The molecular formula is C19H13NO2. The summed E-state index contributed by atoms with van der Waals surface area (Å²) in [4.78, 5) is 14.4. The van der Waals surface area contributed by atoms with E-state index in [2.05, 4.69) is 18.2 Å². The van der Waals surface area contributed by atoms with Crippen molar-refractivity contribution in [2.75, 3.05) is 0 Å². The average Bonchev–Trinajstić information content (AvgIpc) is 2.86. The summed E-state index contributed by atoms with van der Waals surface area (Å²) in [7, 11) is 0. The van der Waals surface area contributed by atoms with E-state index in [4.69, 9.17) is 4.74 Å². The van der Waals surface area contributed by atoms with Crippen LogP contribution < -0.4 is 4.74 Å². The fourth-order valence-electron chi connectivity index (χ4n) is 3.50.